The fourth-order valence-electron chi connectivity index (χ4n) is 1.00. The molecule has 0 bridgehead atoms. The number of benzene rings is 1. The third-order valence-electron chi connectivity index (χ3n) is 1.53. The van der Waals surface area contributed by atoms with Crippen LogP contribution in [0.5, 0.6) is 0 Å². The van der Waals surface area contributed by atoms with Crippen molar-refractivity contribution in [1.82, 2.24) is 4.98 Å². The molecule has 59 valence electrons. The summed E-state index contributed by atoms with van der Waals surface area (Å²) in [5, 5.41) is 1.20. The second-order valence-electron chi connectivity index (χ2n) is 2.24. The first-order chi connectivity index (χ1) is 5.38. The van der Waals surface area contributed by atoms with Crippen molar-refractivity contribution in [2.45, 2.75) is 0 Å². The van der Waals surface area contributed by atoms with E-state index in [0.29, 0.717) is 0 Å². The number of hydrogen-bond acceptors (Lipinski definition) is 1. The van der Waals surface area contributed by atoms with Gasteiger partial charge in [0.15, 0.2) is 0 Å². The molecule has 0 atom stereocenters. The SMILES string of the molecule is Ic1ccnc2c[c-]ccc12.[V]. The molecule has 0 amide bonds. The molecular weight excluding hydrogens is 300 g/mol. The third-order valence-corrected chi connectivity index (χ3v) is 2.47. The minimum atomic E-state index is 0. The van der Waals surface area contributed by atoms with E-state index in [1.165, 1.54) is 8.96 Å². The van der Waals surface area contributed by atoms with E-state index in [1.807, 2.05) is 30.5 Å². The van der Waals surface area contributed by atoms with Gasteiger partial charge in [-0.25, -0.2) is 0 Å². The van der Waals surface area contributed by atoms with Gasteiger partial charge < -0.3 is 4.98 Å². The molecule has 1 heterocycles. The Kier molecular flexibility index (Phi) is 3.56. The number of hydrogen-bond donors (Lipinski definition) is 0. The fourth-order valence-corrected chi connectivity index (χ4v) is 1.62. The molecular formula is C9H5INV-. The molecule has 0 spiro atoms. The Balaban J connectivity index is 0.000000720. The number of halogens is 1. The largest absolute Gasteiger partial charge is 0.321 e. The predicted octanol–water partition coefficient (Wildman–Crippen LogP) is 2.64. The van der Waals surface area contributed by atoms with E-state index in [9.17, 15) is 0 Å². The molecule has 0 aliphatic rings. The average Bonchev–Trinajstić information content (AvgIpc) is 2.06. The summed E-state index contributed by atoms with van der Waals surface area (Å²) in [4.78, 5) is 4.21. The summed E-state index contributed by atoms with van der Waals surface area (Å²) in [7, 11) is 0. The zero-order valence-electron chi connectivity index (χ0n) is 6.16. The number of nitrogens with zero attached hydrogens (tertiary/aromatic N) is 1. The van der Waals surface area contributed by atoms with Gasteiger partial charge in [-0.2, -0.15) is 24.3 Å². The Labute approximate surface area is 96.6 Å². The molecule has 0 N–H and O–H groups in total. The summed E-state index contributed by atoms with van der Waals surface area (Å²) in [5.74, 6) is 0. The Morgan fingerprint density at radius 3 is 2.92 bits per heavy atom. The number of fused-ring (bicyclic) bond motifs is 1. The summed E-state index contributed by atoms with van der Waals surface area (Å²) in [5.41, 5.74) is 1.01. The van der Waals surface area contributed by atoms with Crippen LogP contribution in [-0.4, -0.2) is 4.98 Å². The summed E-state index contributed by atoms with van der Waals surface area (Å²) in [6.07, 6.45) is 1.82. The van der Waals surface area contributed by atoms with Crippen LogP contribution in [0.3, 0.4) is 0 Å². The maximum absolute atomic E-state index is 4.21. The maximum Gasteiger partial charge on any atom is 0.0134 e. The second-order valence-corrected chi connectivity index (χ2v) is 3.40. The van der Waals surface area contributed by atoms with E-state index in [0.717, 1.165) is 5.52 Å². The van der Waals surface area contributed by atoms with Gasteiger partial charge in [0.2, 0.25) is 0 Å². The average molecular weight is 305 g/mol. The van der Waals surface area contributed by atoms with Crippen LogP contribution in [-0.2, 0) is 18.6 Å². The molecule has 0 fully saturated rings. The quantitative estimate of drug-likeness (QED) is 0.539. The minimum absolute atomic E-state index is 0. The van der Waals surface area contributed by atoms with Crippen molar-refractivity contribution in [2.24, 2.45) is 0 Å². The van der Waals surface area contributed by atoms with Gasteiger partial charge in [-0.1, -0.05) is 5.39 Å². The van der Waals surface area contributed by atoms with Crippen LogP contribution in [0.15, 0.2) is 30.5 Å². The summed E-state index contributed by atoms with van der Waals surface area (Å²) >= 11 is 2.30. The normalized spacial score (nSPS) is 9.42. The van der Waals surface area contributed by atoms with Gasteiger partial charge in [-0.3, -0.25) is 0 Å². The van der Waals surface area contributed by atoms with Crippen LogP contribution < -0.4 is 0 Å². The molecule has 1 aromatic carbocycles. The van der Waals surface area contributed by atoms with E-state index in [1.54, 1.807) is 0 Å². The molecule has 0 saturated carbocycles. The monoisotopic (exact) mass is 305 g/mol. The van der Waals surface area contributed by atoms with E-state index >= 15 is 0 Å². The first-order valence-corrected chi connectivity index (χ1v) is 4.36. The second kappa shape index (κ2) is 4.26. The summed E-state index contributed by atoms with van der Waals surface area (Å²) in [6.45, 7) is 0. The van der Waals surface area contributed by atoms with Gasteiger partial charge >= 0.3 is 0 Å². The van der Waals surface area contributed by atoms with Crippen molar-refractivity contribution in [2.75, 3.05) is 0 Å². The summed E-state index contributed by atoms with van der Waals surface area (Å²) in [6, 6.07) is 10.8. The van der Waals surface area contributed by atoms with Crippen LogP contribution in [0, 0.1) is 9.64 Å². The van der Waals surface area contributed by atoms with Gasteiger partial charge in [0, 0.05) is 24.8 Å². The van der Waals surface area contributed by atoms with Crippen LogP contribution in [0.25, 0.3) is 10.9 Å². The molecule has 1 aromatic heterocycles. The number of aromatic nitrogens is 1. The van der Waals surface area contributed by atoms with Crippen LogP contribution in [0.2, 0.25) is 0 Å². The predicted molar refractivity (Wildman–Crippen MR) is 53.3 cm³/mol. The molecule has 0 unspecified atom stereocenters. The van der Waals surface area contributed by atoms with Crippen LogP contribution >= 0.6 is 22.6 Å². The molecule has 0 aliphatic heterocycles. The zero-order valence-corrected chi connectivity index (χ0v) is 9.71. The van der Waals surface area contributed by atoms with Crippen molar-refractivity contribution >= 4 is 33.5 Å². The molecule has 0 saturated heterocycles. The molecule has 0 aliphatic carbocycles. The Bertz CT molecular complexity index is 384. The Morgan fingerprint density at radius 2 is 2.17 bits per heavy atom. The minimum Gasteiger partial charge on any atom is -0.321 e. The van der Waals surface area contributed by atoms with Crippen molar-refractivity contribution in [3.8, 4) is 0 Å². The van der Waals surface area contributed by atoms with Gasteiger partial charge in [0.25, 0.3) is 0 Å². The van der Waals surface area contributed by atoms with Crippen molar-refractivity contribution in [1.29, 1.82) is 0 Å². The van der Waals surface area contributed by atoms with E-state index < -0.39 is 0 Å². The molecule has 1 nitrogen and oxygen atoms in total. The van der Waals surface area contributed by atoms with Gasteiger partial charge in [-0.05, 0) is 37.7 Å². The zero-order chi connectivity index (χ0) is 7.68. The summed E-state index contributed by atoms with van der Waals surface area (Å²) < 4.78 is 1.24. The van der Waals surface area contributed by atoms with Crippen molar-refractivity contribution < 1.29 is 18.6 Å². The Morgan fingerprint density at radius 1 is 1.33 bits per heavy atom. The van der Waals surface area contributed by atoms with Gasteiger partial charge in [0.05, 0.1) is 0 Å². The van der Waals surface area contributed by atoms with Crippen molar-refractivity contribution in [3.63, 3.8) is 0 Å². The maximum atomic E-state index is 4.21. The van der Waals surface area contributed by atoms with Crippen molar-refractivity contribution in [3.05, 3.63) is 40.1 Å². The van der Waals surface area contributed by atoms with E-state index in [-0.39, 0.29) is 18.6 Å². The van der Waals surface area contributed by atoms with Gasteiger partial charge in [0.1, 0.15) is 0 Å². The topological polar surface area (TPSA) is 12.9 Å². The Hall–Kier alpha value is -0.0556. The standard InChI is InChI=1S/C9H5IN.V/c10-8-5-6-11-9-4-2-1-3-7(8)9;/h1,3-6H;/q-1;. The van der Waals surface area contributed by atoms with Crippen LogP contribution in [0.4, 0.5) is 0 Å². The fraction of sp³-hybridized carbons (Fsp3) is 0. The first kappa shape index (κ1) is 10.0. The van der Waals surface area contributed by atoms with E-state index in [4.69, 9.17) is 0 Å². The van der Waals surface area contributed by atoms with Gasteiger partial charge in [-0.15, -0.1) is 0 Å². The first-order valence-electron chi connectivity index (χ1n) is 3.28. The third kappa shape index (κ3) is 1.81. The number of rotatable bonds is 0. The molecule has 2 rings (SSSR count). The van der Waals surface area contributed by atoms with Crippen LogP contribution in [0.1, 0.15) is 0 Å². The molecule has 12 heavy (non-hydrogen) atoms. The number of pyridine rings is 1. The molecule has 3 heteroatoms. The molecule has 1 radical (unpaired) electrons. The molecule has 2 aromatic rings. The van der Waals surface area contributed by atoms with E-state index in [2.05, 4.69) is 33.6 Å². The smallest absolute Gasteiger partial charge is 0.0134 e.